The van der Waals surface area contributed by atoms with Crippen LogP contribution in [0.5, 0.6) is 0 Å². The molecule has 0 bridgehead atoms. The van der Waals surface area contributed by atoms with E-state index in [1.807, 2.05) is 18.0 Å². The first-order chi connectivity index (χ1) is 9.89. The maximum Gasteiger partial charge on any atom is 0.350 e. The lowest BCUT2D eigenvalue weighted by molar-refractivity contribution is 0.0607. The van der Waals surface area contributed by atoms with Gasteiger partial charge in [-0.2, -0.15) is 11.8 Å². The molecule has 1 aliphatic rings. The number of nitrogens with two attached hydrogens (primary N) is 1. The number of nitrogens with zero attached hydrogens (tertiary/aromatic N) is 1. The van der Waals surface area contributed by atoms with E-state index in [2.05, 4.69) is 18.7 Å². The fraction of sp³-hybridized carbons (Fsp3) is 0.643. The maximum absolute atomic E-state index is 11.8. The molecule has 0 aliphatic carbocycles. The van der Waals surface area contributed by atoms with Crippen LogP contribution in [0.3, 0.4) is 0 Å². The summed E-state index contributed by atoms with van der Waals surface area (Å²) in [5.74, 6) is 0.746. The number of hydrogen-bond donors (Lipinski definition) is 1. The molecule has 0 amide bonds. The zero-order chi connectivity index (χ0) is 15.6. The Hall–Kier alpha value is -0.530. The summed E-state index contributed by atoms with van der Waals surface area (Å²) in [7, 11) is 1.39. The first-order valence-electron chi connectivity index (χ1n) is 6.83. The Balaban J connectivity index is 2.32. The van der Waals surface area contributed by atoms with Gasteiger partial charge in [0, 0.05) is 23.6 Å². The van der Waals surface area contributed by atoms with Crippen LogP contribution < -0.4 is 10.6 Å². The van der Waals surface area contributed by atoms with Crippen LogP contribution in [0.4, 0.5) is 10.7 Å². The third-order valence-electron chi connectivity index (χ3n) is 3.58. The SMILES string of the molecule is COC(=O)c1sc(N2CCSC(C)(C)CC2)c(SC)c1N. The van der Waals surface area contributed by atoms with Crippen LogP contribution in [0.2, 0.25) is 0 Å². The van der Waals surface area contributed by atoms with Crippen molar-refractivity contribution in [3.63, 3.8) is 0 Å². The van der Waals surface area contributed by atoms with Crippen LogP contribution in [0.25, 0.3) is 0 Å². The van der Waals surface area contributed by atoms with Crippen molar-refractivity contribution in [3.05, 3.63) is 4.88 Å². The monoisotopic (exact) mass is 346 g/mol. The van der Waals surface area contributed by atoms with Gasteiger partial charge in [0.1, 0.15) is 9.88 Å². The van der Waals surface area contributed by atoms with Gasteiger partial charge in [-0.1, -0.05) is 13.8 Å². The van der Waals surface area contributed by atoms with Crippen molar-refractivity contribution in [2.24, 2.45) is 0 Å². The van der Waals surface area contributed by atoms with Gasteiger partial charge in [0.25, 0.3) is 0 Å². The highest BCUT2D eigenvalue weighted by atomic mass is 32.2. The number of esters is 1. The number of carbonyl (C=O) groups is 1. The largest absolute Gasteiger partial charge is 0.465 e. The average molecular weight is 347 g/mol. The molecular weight excluding hydrogens is 324 g/mol. The number of carbonyl (C=O) groups excluding carboxylic acids is 1. The van der Waals surface area contributed by atoms with Crippen molar-refractivity contribution in [1.82, 2.24) is 0 Å². The van der Waals surface area contributed by atoms with E-state index in [1.165, 1.54) is 18.4 Å². The summed E-state index contributed by atoms with van der Waals surface area (Å²) in [5.41, 5.74) is 6.71. The topological polar surface area (TPSA) is 55.6 Å². The van der Waals surface area contributed by atoms with E-state index in [-0.39, 0.29) is 5.97 Å². The highest BCUT2D eigenvalue weighted by molar-refractivity contribution is 8.00. The fourth-order valence-electron chi connectivity index (χ4n) is 2.29. The zero-order valence-electron chi connectivity index (χ0n) is 12.9. The summed E-state index contributed by atoms with van der Waals surface area (Å²) in [6.07, 6.45) is 3.12. The van der Waals surface area contributed by atoms with E-state index >= 15 is 0 Å². The normalized spacial score (nSPS) is 18.4. The Labute approximate surface area is 138 Å². The quantitative estimate of drug-likeness (QED) is 0.667. The minimum atomic E-state index is -0.344. The van der Waals surface area contributed by atoms with E-state index in [1.54, 1.807) is 11.8 Å². The molecule has 0 aromatic carbocycles. The molecule has 1 aromatic rings. The Bertz CT molecular complexity index is 529. The zero-order valence-corrected chi connectivity index (χ0v) is 15.3. The third kappa shape index (κ3) is 3.63. The minimum Gasteiger partial charge on any atom is -0.465 e. The van der Waals surface area contributed by atoms with Gasteiger partial charge in [0.05, 0.1) is 17.7 Å². The molecular formula is C14H22N2O2S3. The lowest BCUT2D eigenvalue weighted by atomic mass is 10.1. The molecule has 0 atom stereocenters. The fourth-order valence-corrected chi connectivity index (χ4v) is 5.54. The van der Waals surface area contributed by atoms with Crippen LogP contribution in [-0.4, -0.2) is 42.9 Å². The van der Waals surface area contributed by atoms with Gasteiger partial charge < -0.3 is 15.4 Å². The summed E-state index contributed by atoms with van der Waals surface area (Å²) in [5, 5.41) is 1.11. The van der Waals surface area contributed by atoms with Gasteiger partial charge in [0.15, 0.2) is 0 Å². The Kier molecular flexibility index (Phi) is 5.38. The summed E-state index contributed by atoms with van der Waals surface area (Å²) < 4.78 is 5.14. The van der Waals surface area contributed by atoms with Crippen molar-refractivity contribution >= 4 is 51.5 Å². The lowest BCUT2D eigenvalue weighted by Gasteiger charge is -2.23. The van der Waals surface area contributed by atoms with E-state index in [0.717, 1.165) is 35.2 Å². The van der Waals surface area contributed by atoms with Gasteiger partial charge >= 0.3 is 5.97 Å². The van der Waals surface area contributed by atoms with E-state index in [9.17, 15) is 4.79 Å². The molecule has 2 N–H and O–H groups in total. The minimum absolute atomic E-state index is 0.308. The number of thioether (sulfide) groups is 2. The third-order valence-corrected chi connectivity index (χ3v) is 7.15. The Morgan fingerprint density at radius 2 is 2.14 bits per heavy atom. The Morgan fingerprint density at radius 3 is 2.76 bits per heavy atom. The molecule has 118 valence electrons. The van der Waals surface area contributed by atoms with E-state index in [4.69, 9.17) is 10.5 Å². The number of anilines is 2. The number of rotatable bonds is 3. The smallest absolute Gasteiger partial charge is 0.350 e. The second-order valence-electron chi connectivity index (χ2n) is 5.52. The molecule has 1 fully saturated rings. The molecule has 0 spiro atoms. The summed E-state index contributed by atoms with van der Waals surface area (Å²) in [6.45, 7) is 6.56. The standard InChI is InChI=1S/C14H22N2O2S3/c1-14(2)5-6-16(7-8-20-14)12-10(19-4)9(15)11(21-12)13(17)18-3/h5-8,15H2,1-4H3. The van der Waals surface area contributed by atoms with E-state index in [0.29, 0.717) is 15.3 Å². The molecule has 1 aromatic heterocycles. The Morgan fingerprint density at radius 1 is 1.43 bits per heavy atom. The number of ether oxygens (including phenoxy) is 1. The van der Waals surface area contributed by atoms with Crippen molar-refractivity contribution in [1.29, 1.82) is 0 Å². The van der Waals surface area contributed by atoms with Gasteiger partial charge in [-0.3, -0.25) is 0 Å². The van der Waals surface area contributed by atoms with Gasteiger partial charge in [-0.25, -0.2) is 4.79 Å². The van der Waals surface area contributed by atoms with Gasteiger partial charge in [-0.15, -0.1) is 23.1 Å². The van der Waals surface area contributed by atoms with Crippen LogP contribution in [0, 0.1) is 0 Å². The van der Waals surface area contributed by atoms with Gasteiger partial charge in [-0.05, 0) is 12.7 Å². The van der Waals surface area contributed by atoms with Crippen molar-refractivity contribution in [2.75, 3.05) is 42.8 Å². The van der Waals surface area contributed by atoms with Gasteiger partial charge in [0.2, 0.25) is 0 Å². The van der Waals surface area contributed by atoms with Crippen LogP contribution in [-0.2, 0) is 4.74 Å². The van der Waals surface area contributed by atoms with Crippen LogP contribution >= 0.6 is 34.9 Å². The average Bonchev–Trinajstić information content (AvgIpc) is 2.66. The highest BCUT2D eigenvalue weighted by Crippen LogP contribution is 2.45. The molecule has 0 radical (unpaired) electrons. The molecule has 0 saturated carbocycles. The number of nitrogen functional groups attached to an aromatic ring is 1. The predicted molar refractivity (Wildman–Crippen MR) is 95.2 cm³/mol. The second-order valence-corrected chi connectivity index (χ2v) is 9.14. The maximum atomic E-state index is 11.8. The van der Waals surface area contributed by atoms with Crippen molar-refractivity contribution < 1.29 is 9.53 Å². The molecule has 7 heteroatoms. The molecule has 2 heterocycles. The van der Waals surface area contributed by atoms with Crippen molar-refractivity contribution in [2.45, 2.75) is 29.9 Å². The van der Waals surface area contributed by atoms with Crippen molar-refractivity contribution in [3.8, 4) is 0 Å². The molecule has 2 rings (SSSR count). The predicted octanol–water partition coefficient (Wildman–Crippen LogP) is 3.56. The summed E-state index contributed by atoms with van der Waals surface area (Å²) in [4.78, 5) is 15.7. The highest BCUT2D eigenvalue weighted by Gasteiger charge is 2.28. The number of thiophene rings is 1. The van der Waals surface area contributed by atoms with E-state index < -0.39 is 0 Å². The summed E-state index contributed by atoms with van der Waals surface area (Å²) in [6, 6.07) is 0. The number of hydrogen-bond acceptors (Lipinski definition) is 7. The molecule has 4 nitrogen and oxygen atoms in total. The molecule has 21 heavy (non-hydrogen) atoms. The molecule has 0 unspecified atom stereocenters. The molecule has 1 aliphatic heterocycles. The van der Waals surface area contributed by atoms with Crippen LogP contribution in [0.1, 0.15) is 29.9 Å². The lowest BCUT2D eigenvalue weighted by Crippen LogP contribution is -2.26. The second kappa shape index (κ2) is 6.71. The summed E-state index contributed by atoms with van der Waals surface area (Å²) >= 11 is 5.06. The molecule has 1 saturated heterocycles. The number of methoxy groups -OCH3 is 1. The first-order valence-corrected chi connectivity index (χ1v) is 9.86. The first kappa shape index (κ1) is 16.8. The van der Waals surface area contributed by atoms with Crippen LogP contribution in [0.15, 0.2) is 4.90 Å².